The predicted octanol–water partition coefficient (Wildman–Crippen LogP) is 1.67. The highest BCUT2D eigenvalue weighted by Crippen LogP contribution is 2.22. The molecule has 2 N–H and O–H groups in total. The standard InChI is InChI=1S/C11H13F2N3OS/c1-18(17)4-2-3-16-9-6-7(12)5-8(13)10(9)15-11(16)14/h5-6H,2-4H2,1H3,(H2,14,15). The van der Waals surface area contributed by atoms with Gasteiger partial charge >= 0.3 is 0 Å². The molecule has 0 bridgehead atoms. The van der Waals surface area contributed by atoms with Gasteiger partial charge < -0.3 is 10.3 Å². The molecule has 7 heteroatoms. The van der Waals surface area contributed by atoms with Crippen LogP contribution in [0.2, 0.25) is 0 Å². The van der Waals surface area contributed by atoms with Crippen LogP contribution in [0.5, 0.6) is 0 Å². The second kappa shape index (κ2) is 5.01. The van der Waals surface area contributed by atoms with Crippen LogP contribution in [0, 0.1) is 11.6 Å². The minimum Gasteiger partial charge on any atom is -0.369 e. The third-order valence-corrected chi connectivity index (χ3v) is 3.48. The van der Waals surface area contributed by atoms with E-state index in [-0.39, 0.29) is 11.5 Å². The number of fused-ring (bicyclic) bond motifs is 1. The summed E-state index contributed by atoms with van der Waals surface area (Å²) in [4.78, 5) is 3.87. The van der Waals surface area contributed by atoms with E-state index in [1.807, 2.05) is 0 Å². The van der Waals surface area contributed by atoms with Crippen molar-refractivity contribution in [2.45, 2.75) is 13.0 Å². The van der Waals surface area contributed by atoms with Gasteiger partial charge in [-0.3, -0.25) is 4.21 Å². The Kier molecular flexibility index (Phi) is 3.60. The summed E-state index contributed by atoms with van der Waals surface area (Å²) in [5, 5.41) is 0. The van der Waals surface area contributed by atoms with Crippen molar-refractivity contribution in [3.63, 3.8) is 0 Å². The lowest BCUT2D eigenvalue weighted by molar-refractivity contribution is 0.589. The molecule has 1 aromatic carbocycles. The molecule has 2 rings (SSSR count). The summed E-state index contributed by atoms with van der Waals surface area (Å²) in [6, 6.07) is 1.98. The maximum absolute atomic E-state index is 13.5. The first-order chi connectivity index (χ1) is 8.49. The van der Waals surface area contributed by atoms with E-state index >= 15 is 0 Å². The fraction of sp³-hybridized carbons (Fsp3) is 0.364. The fourth-order valence-electron chi connectivity index (χ4n) is 1.83. The summed E-state index contributed by atoms with van der Waals surface area (Å²) in [5.41, 5.74) is 6.06. The molecule has 1 atom stereocenters. The molecule has 2 aromatic rings. The summed E-state index contributed by atoms with van der Waals surface area (Å²) in [6.45, 7) is 0.435. The van der Waals surface area contributed by atoms with Crippen molar-refractivity contribution in [2.24, 2.45) is 0 Å². The molecule has 0 aliphatic rings. The monoisotopic (exact) mass is 273 g/mol. The molecule has 1 aromatic heterocycles. The number of nitrogens with two attached hydrogens (primary N) is 1. The molecule has 0 saturated heterocycles. The number of benzene rings is 1. The van der Waals surface area contributed by atoms with Gasteiger partial charge in [0.2, 0.25) is 5.95 Å². The largest absolute Gasteiger partial charge is 0.369 e. The van der Waals surface area contributed by atoms with E-state index < -0.39 is 22.4 Å². The average Bonchev–Trinajstić information content (AvgIpc) is 2.56. The van der Waals surface area contributed by atoms with Crippen LogP contribution in [0.1, 0.15) is 6.42 Å². The van der Waals surface area contributed by atoms with Gasteiger partial charge in [-0.1, -0.05) is 0 Å². The zero-order chi connectivity index (χ0) is 13.3. The maximum Gasteiger partial charge on any atom is 0.201 e. The third kappa shape index (κ3) is 2.50. The maximum atomic E-state index is 13.5. The lowest BCUT2D eigenvalue weighted by atomic mass is 10.3. The number of halogens is 2. The van der Waals surface area contributed by atoms with Gasteiger partial charge in [0.05, 0.1) is 5.52 Å². The quantitative estimate of drug-likeness (QED) is 0.921. The average molecular weight is 273 g/mol. The Morgan fingerprint density at radius 2 is 2.17 bits per heavy atom. The lowest BCUT2D eigenvalue weighted by Gasteiger charge is -2.05. The minimum absolute atomic E-state index is 0.0616. The number of imidazole rings is 1. The van der Waals surface area contributed by atoms with Crippen LogP contribution in [0.3, 0.4) is 0 Å². The van der Waals surface area contributed by atoms with Crippen LogP contribution in [0.25, 0.3) is 11.0 Å². The number of hydrogen-bond acceptors (Lipinski definition) is 3. The molecule has 0 spiro atoms. The van der Waals surface area contributed by atoms with Crippen LogP contribution >= 0.6 is 0 Å². The van der Waals surface area contributed by atoms with Crippen LogP contribution in [0.4, 0.5) is 14.7 Å². The van der Waals surface area contributed by atoms with Gasteiger partial charge in [-0.25, -0.2) is 13.8 Å². The lowest BCUT2D eigenvalue weighted by Crippen LogP contribution is -2.06. The normalized spacial score (nSPS) is 13.1. The fourth-order valence-corrected chi connectivity index (χ4v) is 2.36. The van der Waals surface area contributed by atoms with Crippen LogP contribution < -0.4 is 5.73 Å². The molecule has 0 radical (unpaired) electrons. The summed E-state index contributed by atoms with van der Waals surface area (Å²) in [5.74, 6) is -0.747. The van der Waals surface area contributed by atoms with Gasteiger partial charge in [-0.2, -0.15) is 0 Å². The van der Waals surface area contributed by atoms with Gasteiger partial charge in [-0.05, 0) is 6.42 Å². The molecule has 0 aliphatic heterocycles. The van der Waals surface area contributed by atoms with Gasteiger partial charge in [-0.15, -0.1) is 0 Å². The Labute approximate surface area is 105 Å². The van der Waals surface area contributed by atoms with E-state index in [0.717, 1.165) is 6.07 Å². The number of aryl methyl sites for hydroxylation is 1. The number of rotatable bonds is 4. The Hall–Kier alpha value is -1.50. The highest BCUT2D eigenvalue weighted by atomic mass is 32.2. The molecule has 0 saturated carbocycles. The number of hydrogen-bond donors (Lipinski definition) is 1. The second-order valence-corrected chi connectivity index (χ2v) is 5.56. The van der Waals surface area contributed by atoms with Gasteiger partial charge in [0.15, 0.2) is 5.82 Å². The van der Waals surface area contributed by atoms with E-state index in [1.165, 1.54) is 10.6 Å². The molecule has 98 valence electrons. The number of nitrogens with zero attached hydrogens (tertiary/aromatic N) is 2. The van der Waals surface area contributed by atoms with Crippen molar-refractivity contribution in [3.05, 3.63) is 23.8 Å². The van der Waals surface area contributed by atoms with Crippen LogP contribution in [-0.2, 0) is 17.3 Å². The highest BCUT2D eigenvalue weighted by molar-refractivity contribution is 7.84. The van der Waals surface area contributed by atoms with Crippen molar-refractivity contribution in [3.8, 4) is 0 Å². The number of anilines is 1. The van der Waals surface area contributed by atoms with Crippen molar-refractivity contribution in [1.29, 1.82) is 0 Å². The second-order valence-electron chi connectivity index (χ2n) is 4.01. The molecule has 0 amide bonds. The summed E-state index contributed by atoms with van der Waals surface area (Å²) < 4.78 is 39.1. The Bertz CT molecular complexity index is 612. The topological polar surface area (TPSA) is 60.9 Å². The first-order valence-electron chi connectivity index (χ1n) is 5.40. The SMILES string of the molecule is CS(=O)CCCn1c(N)nc2c(F)cc(F)cc21. The Balaban J connectivity index is 2.37. The van der Waals surface area contributed by atoms with Crippen molar-refractivity contribution in [2.75, 3.05) is 17.7 Å². The van der Waals surface area contributed by atoms with Crippen molar-refractivity contribution in [1.82, 2.24) is 9.55 Å². The zero-order valence-electron chi connectivity index (χ0n) is 9.82. The third-order valence-electron chi connectivity index (χ3n) is 2.62. The molecule has 0 fully saturated rings. The van der Waals surface area contributed by atoms with E-state index in [9.17, 15) is 13.0 Å². The molecule has 0 aliphatic carbocycles. The van der Waals surface area contributed by atoms with Gasteiger partial charge in [0.1, 0.15) is 11.3 Å². The summed E-state index contributed by atoms with van der Waals surface area (Å²) in [6.07, 6.45) is 2.21. The Morgan fingerprint density at radius 1 is 1.44 bits per heavy atom. The summed E-state index contributed by atoms with van der Waals surface area (Å²) >= 11 is 0. The molecule has 18 heavy (non-hydrogen) atoms. The first kappa shape index (κ1) is 12.9. The van der Waals surface area contributed by atoms with Crippen LogP contribution in [-0.4, -0.2) is 25.8 Å². The Morgan fingerprint density at radius 3 is 2.83 bits per heavy atom. The zero-order valence-corrected chi connectivity index (χ0v) is 10.6. The van der Waals surface area contributed by atoms with Gasteiger partial charge in [0, 0.05) is 41.5 Å². The van der Waals surface area contributed by atoms with Crippen LogP contribution in [0.15, 0.2) is 12.1 Å². The van der Waals surface area contributed by atoms with E-state index in [1.54, 1.807) is 6.26 Å². The minimum atomic E-state index is -0.899. The van der Waals surface area contributed by atoms with Crippen molar-refractivity contribution < 1.29 is 13.0 Å². The van der Waals surface area contributed by atoms with Crippen molar-refractivity contribution >= 4 is 27.8 Å². The molecular weight excluding hydrogens is 260 g/mol. The van der Waals surface area contributed by atoms with E-state index in [0.29, 0.717) is 24.2 Å². The first-order valence-corrected chi connectivity index (χ1v) is 7.12. The number of nitrogen functional groups attached to an aromatic ring is 1. The smallest absolute Gasteiger partial charge is 0.201 e. The van der Waals surface area contributed by atoms with Gasteiger partial charge in [0.25, 0.3) is 0 Å². The molecular formula is C11H13F2N3OS. The predicted molar refractivity (Wildman–Crippen MR) is 67.6 cm³/mol. The highest BCUT2D eigenvalue weighted by Gasteiger charge is 2.13. The van der Waals surface area contributed by atoms with E-state index in [4.69, 9.17) is 5.73 Å². The molecule has 4 nitrogen and oxygen atoms in total. The summed E-state index contributed by atoms with van der Waals surface area (Å²) in [7, 11) is -0.899. The molecule has 1 unspecified atom stereocenters. The number of aromatic nitrogens is 2. The van der Waals surface area contributed by atoms with E-state index in [2.05, 4.69) is 4.98 Å². The molecule has 1 heterocycles.